The minimum atomic E-state index is 0.111. The van der Waals surface area contributed by atoms with E-state index in [4.69, 9.17) is 11.6 Å². The topological polar surface area (TPSA) is 32.3 Å². The number of hydrogen-bond acceptors (Lipinski definition) is 2. The minimum Gasteiger partial charge on any atom is -0.506 e. The molecular formula is C14H14ClNO. The monoisotopic (exact) mass is 247 g/mol. The van der Waals surface area contributed by atoms with Crippen molar-refractivity contribution in [1.29, 1.82) is 0 Å². The van der Waals surface area contributed by atoms with Crippen molar-refractivity contribution >= 4 is 17.3 Å². The largest absolute Gasteiger partial charge is 0.506 e. The van der Waals surface area contributed by atoms with Crippen molar-refractivity contribution in [2.75, 3.05) is 11.9 Å². The average Bonchev–Trinajstić information content (AvgIpc) is 2.35. The van der Waals surface area contributed by atoms with Crippen LogP contribution in [0.25, 0.3) is 0 Å². The molecule has 0 radical (unpaired) electrons. The van der Waals surface area contributed by atoms with Crippen LogP contribution in [-0.4, -0.2) is 11.7 Å². The summed E-state index contributed by atoms with van der Waals surface area (Å²) in [5, 5.41) is 12.9. The number of halogens is 1. The van der Waals surface area contributed by atoms with E-state index < -0.39 is 0 Å². The predicted octanol–water partition coefficient (Wildman–Crippen LogP) is 3.70. The van der Waals surface area contributed by atoms with Crippen molar-refractivity contribution in [1.82, 2.24) is 0 Å². The SMILES string of the molecule is Oc1ccc(NCCc2ccccc2)cc1Cl. The average molecular weight is 248 g/mol. The zero-order valence-corrected chi connectivity index (χ0v) is 10.1. The fourth-order valence-electron chi connectivity index (χ4n) is 1.61. The number of aromatic hydroxyl groups is 1. The molecule has 0 spiro atoms. The van der Waals surface area contributed by atoms with Crippen LogP contribution < -0.4 is 5.32 Å². The van der Waals surface area contributed by atoms with Gasteiger partial charge in [0.25, 0.3) is 0 Å². The summed E-state index contributed by atoms with van der Waals surface area (Å²) in [6.07, 6.45) is 0.958. The Labute approximate surface area is 106 Å². The molecular weight excluding hydrogens is 234 g/mol. The summed E-state index contributed by atoms with van der Waals surface area (Å²) in [4.78, 5) is 0. The van der Waals surface area contributed by atoms with Gasteiger partial charge in [0.2, 0.25) is 0 Å². The molecule has 3 heteroatoms. The molecule has 17 heavy (non-hydrogen) atoms. The van der Waals surface area contributed by atoms with Crippen LogP contribution in [0.5, 0.6) is 5.75 Å². The molecule has 0 aliphatic carbocycles. The molecule has 0 saturated carbocycles. The van der Waals surface area contributed by atoms with Gasteiger partial charge in [0.05, 0.1) is 5.02 Å². The van der Waals surface area contributed by atoms with Gasteiger partial charge in [0, 0.05) is 12.2 Å². The fourth-order valence-corrected chi connectivity index (χ4v) is 1.79. The first kappa shape index (κ1) is 11.8. The minimum absolute atomic E-state index is 0.111. The molecule has 2 aromatic rings. The highest BCUT2D eigenvalue weighted by atomic mass is 35.5. The number of anilines is 1. The first-order valence-electron chi connectivity index (χ1n) is 5.52. The Morgan fingerprint density at radius 3 is 2.53 bits per heavy atom. The van der Waals surface area contributed by atoms with Crippen LogP contribution in [0.3, 0.4) is 0 Å². The van der Waals surface area contributed by atoms with E-state index in [-0.39, 0.29) is 5.75 Å². The number of nitrogens with one attached hydrogen (secondary N) is 1. The maximum atomic E-state index is 9.29. The summed E-state index contributed by atoms with van der Waals surface area (Å²) in [7, 11) is 0. The second-order valence-corrected chi connectivity index (χ2v) is 4.24. The van der Waals surface area contributed by atoms with Gasteiger partial charge in [0.15, 0.2) is 0 Å². The Kier molecular flexibility index (Phi) is 3.89. The maximum Gasteiger partial charge on any atom is 0.134 e. The van der Waals surface area contributed by atoms with Crippen molar-refractivity contribution in [2.45, 2.75) is 6.42 Å². The van der Waals surface area contributed by atoms with Gasteiger partial charge in [-0.25, -0.2) is 0 Å². The lowest BCUT2D eigenvalue weighted by atomic mass is 10.1. The van der Waals surface area contributed by atoms with Gasteiger partial charge in [-0.1, -0.05) is 41.9 Å². The Balaban J connectivity index is 1.88. The molecule has 2 N–H and O–H groups in total. The summed E-state index contributed by atoms with van der Waals surface area (Å²) in [5.74, 6) is 0.111. The van der Waals surface area contributed by atoms with Crippen molar-refractivity contribution in [3.63, 3.8) is 0 Å². The predicted molar refractivity (Wildman–Crippen MR) is 71.8 cm³/mol. The lowest BCUT2D eigenvalue weighted by molar-refractivity contribution is 0.475. The van der Waals surface area contributed by atoms with Gasteiger partial charge in [-0.05, 0) is 30.2 Å². The van der Waals surface area contributed by atoms with Crippen LogP contribution in [0, 0.1) is 0 Å². The summed E-state index contributed by atoms with van der Waals surface area (Å²) >= 11 is 5.82. The summed E-state index contributed by atoms with van der Waals surface area (Å²) in [6, 6.07) is 15.4. The quantitative estimate of drug-likeness (QED) is 0.808. The van der Waals surface area contributed by atoms with E-state index in [1.54, 1.807) is 12.1 Å². The number of hydrogen-bond donors (Lipinski definition) is 2. The van der Waals surface area contributed by atoms with Crippen LogP contribution in [-0.2, 0) is 6.42 Å². The molecule has 0 saturated heterocycles. The van der Waals surface area contributed by atoms with E-state index in [2.05, 4.69) is 17.4 Å². The first-order valence-corrected chi connectivity index (χ1v) is 5.90. The zero-order chi connectivity index (χ0) is 12.1. The second-order valence-electron chi connectivity index (χ2n) is 3.83. The molecule has 0 amide bonds. The van der Waals surface area contributed by atoms with Gasteiger partial charge < -0.3 is 10.4 Å². The van der Waals surface area contributed by atoms with Crippen molar-refractivity contribution < 1.29 is 5.11 Å². The lowest BCUT2D eigenvalue weighted by Gasteiger charge is -2.07. The molecule has 0 aromatic heterocycles. The number of phenols is 1. The van der Waals surface area contributed by atoms with Gasteiger partial charge in [-0.3, -0.25) is 0 Å². The fraction of sp³-hybridized carbons (Fsp3) is 0.143. The van der Waals surface area contributed by atoms with E-state index >= 15 is 0 Å². The molecule has 0 unspecified atom stereocenters. The zero-order valence-electron chi connectivity index (χ0n) is 9.36. The third-order valence-corrected chi connectivity index (χ3v) is 2.84. The van der Waals surface area contributed by atoms with Crippen LogP contribution in [0.15, 0.2) is 48.5 Å². The Hall–Kier alpha value is -1.67. The van der Waals surface area contributed by atoms with E-state index in [0.717, 1.165) is 18.7 Å². The third-order valence-electron chi connectivity index (χ3n) is 2.53. The normalized spacial score (nSPS) is 10.2. The van der Waals surface area contributed by atoms with Crippen molar-refractivity contribution in [2.24, 2.45) is 0 Å². The highest BCUT2D eigenvalue weighted by Crippen LogP contribution is 2.25. The lowest BCUT2D eigenvalue weighted by Crippen LogP contribution is -2.04. The van der Waals surface area contributed by atoms with Gasteiger partial charge in [-0.15, -0.1) is 0 Å². The molecule has 0 heterocycles. The van der Waals surface area contributed by atoms with Gasteiger partial charge in [-0.2, -0.15) is 0 Å². The highest BCUT2D eigenvalue weighted by molar-refractivity contribution is 6.32. The Morgan fingerprint density at radius 1 is 1.06 bits per heavy atom. The van der Waals surface area contributed by atoms with Crippen LogP contribution >= 0.6 is 11.6 Å². The smallest absolute Gasteiger partial charge is 0.134 e. The Morgan fingerprint density at radius 2 is 1.82 bits per heavy atom. The molecule has 0 fully saturated rings. The molecule has 0 aliphatic heterocycles. The van der Waals surface area contributed by atoms with Gasteiger partial charge >= 0.3 is 0 Å². The highest BCUT2D eigenvalue weighted by Gasteiger charge is 1.99. The van der Waals surface area contributed by atoms with Crippen LogP contribution in [0.2, 0.25) is 5.02 Å². The number of rotatable bonds is 4. The summed E-state index contributed by atoms with van der Waals surface area (Å²) in [6.45, 7) is 0.838. The van der Waals surface area contributed by atoms with Crippen LogP contribution in [0.1, 0.15) is 5.56 Å². The van der Waals surface area contributed by atoms with E-state index in [9.17, 15) is 5.11 Å². The number of phenolic OH excluding ortho intramolecular Hbond substituents is 1. The Bertz CT molecular complexity index is 485. The van der Waals surface area contributed by atoms with E-state index in [1.807, 2.05) is 24.3 Å². The van der Waals surface area contributed by atoms with Crippen molar-refractivity contribution in [3.8, 4) is 5.75 Å². The summed E-state index contributed by atoms with van der Waals surface area (Å²) in [5.41, 5.74) is 2.22. The molecule has 0 atom stereocenters. The molecule has 2 rings (SSSR count). The standard InChI is InChI=1S/C14H14ClNO/c15-13-10-12(6-7-14(13)17)16-9-8-11-4-2-1-3-5-11/h1-7,10,16-17H,8-9H2. The maximum absolute atomic E-state index is 9.29. The third kappa shape index (κ3) is 3.40. The molecule has 0 bridgehead atoms. The van der Waals surface area contributed by atoms with E-state index in [1.165, 1.54) is 5.56 Å². The second kappa shape index (κ2) is 5.60. The van der Waals surface area contributed by atoms with Crippen molar-refractivity contribution in [3.05, 3.63) is 59.1 Å². The summed E-state index contributed by atoms with van der Waals surface area (Å²) < 4.78 is 0. The number of benzene rings is 2. The molecule has 88 valence electrons. The molecule has 2 aromatic carbocycles. The van der Waals surface area contributed by atoms with Crippen LogP contribution in [0.4, 0.5) is 5.69 Å². The first-order chi connectivity index (χ1) is 8.25. The van der Waals surface area contributed by atoms with Gasteiger partial charge in [0.1, 0.15) is 5.75 Å². The van der Waals surface area contributed by atoms with E-state index in [0.29, 0.717) is 5.02 Å². The molecule has 2 nitrogen and oxygen atoms in total. The molecule has 0 aliphatic rings.